The van der Waals surface area contributed by atoms with E-state index in [1.165, 1.54) is 6.92 Å². The van der Waals surface area contributed by atoms with Crippen LogP contribution in [0.4, 0.5) is 10.2 Å². The van der Waals surface area contributed by atoms with Gasteiger partial charge in [-0.25, -0.2) is 9.18 Å². The number of aliphatic hydroxyl groups is 1. The summed E-state index contributed by atoms with van der Waals surface area (Å²) in [5, 5.41) is 10.3. The highest BCUT2D eigenvalue weighted by Gasteiger charge is 2.63. The van der Waals surface area contributed by atoms with Crippen LogP contribution < -0.4 is 11.4 Å². The van der Waals surface area contributed by atoms with Crippen LogP contribution in [-0.4, -0.2) is 39.4 Å². The maximum absolute atomic E-state index is 13.4. The van der Waals surface area contributed by atoms with Crippen LogP contribution in [0, 0.1) is 11.2 Å². The lowest BCUT2D eigenvalue weighted by molar-refractivity contribution is -0.151. The highest BCUT2D eigenvalue weighted by Crippen LogP contribution is 2.47. The fourth-order valence-corrected chi connectivity index (χ4v) is 2.50. The number of cyclic esters (lactones) is 1. The van der Waals surface area contributed by atoms with Crippen molar-refractivity contribution in [2.75, 3.05) is 12.3 Å². The van der Waals surface area contributed by atoms with Crippen LogP contribution in [0.1, 0.15) is 13.2 Å². The second-order valence-electron chi connectivity index (χ2n) is 5.01. The second kappa shape index (κ2) is 4.00. The fourth-order valence-electron chi connectivity index (χ4n) is 2.50. The molecule has 0 unspecified atom stereocenters. The summed E-state index contributed by atoms with van der Waals surface area (Å²) in [5.74, 6) is -2.07. The highest BCUT2D eigenvalue weighted by molar-refractivity contribution is 5.80. The molecule has 2 aliphatic heterocycles. The van der Waals surface area contributed by atoms with Gasteiger partial charge in [-0.15, -0.1) is 0 Å². The molecular weight excluding hydrogens is 273 g/mol. The summed E-state index contributed by atoms with van der Waals surface area (Å²) >= 11 is 0. The van der Waals surface area contributed by atoms with E-state index in [2.05, 4.69) is 4.98 Å². The molecule has 3 N–H and O–H groups in total. The Labute approximate surface area is 111 Å². The molecule has 0 aliphatic carbocycles. The topological polar surface area (TPSA) is 117 Å². The third-order valence-corrected chi connectivity index (χ3v) is 3.87. The van der Waals surface area contributed by atoms with Gasteiger partial charge in [-0.3, -0.25) is 9.36 Å². The average Bonchev–Trinajstić information content (AvgIpc) is 2.81. The number of anilines is 1. The number of hydrogen-bond donors (Lipinski definition) is 2. The van der Waals surface area contributed by atoms with E-state index in [0.717, 1.165) is 10.8 Å². The minimum atomic E-state index is -1.36. The molecule has 8 nitrogen and oxygen atoms in total. The van der Waals surface area contributed by atoms with E-state index in [0.29, 0.717) is 0 Å². The van der Waals surface area contributed by atoms with Crippen LogP contribution in [0.2, 0.25) is 0 Å². The molecule has 108 valence electrons. The van der Waals surface area contributed by atoms with Crippen molar-refractivity contribution in [2.45, 2.75) is 25.4 Å². The Bertz CT molecular complexity index is 647. The van der Waals surface area contributed by atoms with Gasteiger partial charge in [0.1, 0.15) is 24.2 Å². The third-order valence-electron chi connectivity index (χ3n) is 3.87. The van der Waals surface area contributed by atoms with Crippen LogP contribution >= 0.6 is 0 Å². The smallest absolute Gasteiger partial charge is 0.351 e. The van der Waals surface area contributed by atoms with Crippen LogP contribution in [0.15, 0.2) is 11.0 Å². The molecule has 0 saturated carbocycles. The Morgan fingerprint density at radius 3 is 2.95 bits per heavy atom. The molecule has 4 atom stereocenters. The van der Waals surface area contributed by atoms with Crippen molar-refractivity contribution >= 4 is 11.8 Å². The second-order valence-corrected chi connectivity index (χ2v) is 5.01. The van der Waals surface area contributed by atoms with Gasteiger partial charge < -0.3 is 20.3 Å². The summed E-state index contributed by atoms with van der Waals surface area (Å²) in [7, 11) is 0. The molecule has 0 spiro atoms. The number of nitrogens with zero attached hydrogens (tertiary/aromatic N) is 2. The number of rotatable bonds is 1. The van der Waals surface area contributed by atoms with Gasteiger partial charge in [-0.2, -0.15) is 4.98 Å². The fraction of sp³-hybridized carbons (Fsp3) is 0.545. The lowest BCUT2D eigenvalue weighted by Crippen LogP contribution is -2.42. The quantitative estimate of drug-likeness (QED) is 0.621. The molecular formula is C11H12FN3O5. The first kappa shape index (κ1) is 13.0. The van der Waals surface area contributed by atoms with Crippen molar-refractivity contribution in [2.24, 2.45) is 5.41 Å². The summed E-state index contributed by atoms with van der Waals surface area (Å²) < 4.78 is 24.5. The monoisotopic (exact) mass is 285 g/mol. The normalized spacial score (nSPS) is 36.0. The number of carbonyl (C=O) groups excluding carboxylic acids is 1. The van der Waals surface area contributed by atoms with E-state index in [1.807, 2.05) is 0 Å². The number of nitrogen functional groups attached to an aromatic ring is 1. The number of carbonyl (C=O) groups is 1. The molecule has 20 heavy (non-hydrogen) atoms. The Balaban J connectivity index is 2.04. The number of esters is 1. The van der Waals surface area contributed by atoms with Crippen molar-refractivity contribution < 1.29 is 23.8 Å². The van der Waals surface area contributed by atoms with Crippen molar-refractivity contribution in [3.63, 3.8) is 0 Å². The van der Waals surface area contributed by atoms with E-state index in [1.54, 1.807) is 0 Å². The predicted molar refractivity (Wildman–Crippen MR) is 61.9 cm³/mol. The zero-order valence-electron chi connectivity index (χ0n) is 10.4. The van der Waals surface area contributed by atoms with Gasteiger partial charge in [-0.05, 0) is 6.92 Å². The maximum Gasteiger partial charge on any atom is 0.351 e. The number of aromatic nitrogens is 2. The number of ether oxygens (including phenoxy) is 2. The first-order valence-corrected chi connectivity index (χ1v) is 5.90. The Hall–Kier alpha value is -2.00. The van der Waals surface area contributed by atoms with Gasteiger partial charge in [0.25, 0.3) is 0 Å². The van der Waals surface area contributed by atoms with E-state index in [-0.39, 0.29) is 6.61 Å². The zero-order chi connectivity index (χ0) is 14.7. The zero-order valence-corrected chi connectivity index (χ0v) is 10.4. The molecule has 1 aromatic heterocycles. The summed E-state index contributed by atoms with van der Waals surface area (Å²) in [6, 6.07) is 0. The van der Waals surface area contributed by atoms with Crippen molar-refractivity contribution in [3.8, 4) is 0 Å². The Kier molecular flexibility index (Phi) is 2.60. The maximum atomic E-state index is 13.4. The van der Waals surface area contributed by atoms with Gasteiger partial charge in [0.15, 0.2) is 17.9 Å². The standard InChI is InChI=1S/C11H12FN3O5/c1-11-5(3-19-9(11)17)20-8(6(11)16)15-2-4(12)7(13)14-10(15)18/h2,5-6,8,16H,3H2,1H3,(H2,13,14,18)/t5-,6+,8-,11+/m1/s1. The lowest BCUT2D eigenvalue weighted by atomic mass is 9.82. The van der Waals surface area contributed by atoms with Crippen LogP contribution in [0.5, 0.6) is 0 Å². The lowest BCUT2D eigenvalue weighted by Gasteiger charge is -2.23. The molecule has 1 aromatic rings. The average molecular weight is 285 g/mol. The summed E-state index contributed by atoms with van der Waals surface area (Å²) in [6.07, 6.45) is -2.48. The molecule has 2 saturated heterocycles. The van der Waals surface area contributed by atoms with Crippen LogP contribution in [-0.2, 0) is 14.3 Å². The number of halogens is 1. The highest BCUT2D eigenvalue weighted by atomic mass is 19.1. The molecule has 0 amide bonds. The summed E-state index contributed by atoms with van der Waals surface area (Å²) in [5.41, 5.74) is 3.03. The molecule has 2 aliphatic rings. The van der Waals surface area contributed by atoms with Gasteiger partial charge in [-0.1, -0.05) is 0 Å². The minimum Gasteiger partial charge on any atom is -0.462 e. The van der Waals surface area contributed by atoms with E-state index >= 15 is 0 Å². The third kappa shape index (κ3) is 1.50. The molecule has 0 radical (unpaired) electrons. The van der Waals surface area contributed by atoms with Gasteiger partial charge in [0.2, 0.25) is 0 Å². The SMILES string of the molecule is C[C@]12C(=O)OC[C@H]1O[C@@H](n1cc(F)c(N)nc1=O)[C@@H]2O. The predicted octanol–water partition coefficient (Wildman–Crippen LogP) is -1.21. The first-order chi connectivity index (χ1) is 9.35. The van der Waals surface area contributed by atoms with Crippen LogP contribution in [0.25, 0.3) is 0 Å². The van der Waals surface area contributed by atoms with E-state index in [4.69, 9.17) is 15.2 Å². The minimum absolute atomic E-state index is 0.0253. The molecule has 2 fully saturated rings. The first-order valence-electron chi connectivity index (χ1n) is 5.90. The van der Waals surface area contributed by atoms with E-state index in [9.17, 15) is 19.1 Å². The van der Waals surface area contributed by atoms with Gasteiger partial charge in [0.05, 0.1) is 6.20 Å². The summed E-state index contributed by atoms with van der Waals surface area (Å²) in [6.45, 7) is 1.45. The van der Waals surface area contributed by atoms with Gasteiger partial charge in [0, 0.05) is 0 Å². The molecule has 3 heterocycles. The number of aliphatic hydroxyl groups excluding tert-OH is 1. The Morgan fingerprint density at radius 1 is 1.60 bits per heavy atom. The van der Waals surface area contributed by atoms with Crippen molar-refractivity contribution in [1.82, 2.24) is 9.55 Å². The van der Waals surface area contributed by atoms with Gasteiger partial charge >= 0.3 is 11.7 Å². The molecule has 0 aromatic carbocycles. The molecule has 0 bridgehead atoms. The van der Waals surface area contributed by atoms with Crippen molar-refractivity contribution in [1.29, 1.82) is 0 Å². The number of nitrogens with two attached hydrogens (primary N) is 1. The van der Waals surface area contributed by atoms with Crippen LogP contribution in [0.3, 0.4) is 0 Å². The Morgan fingerprint density at radius 2 is 2.30 bits per heavy atom. The number of hydrogen-bond acceptors (Lipinski definition) is 7. The molecule has 3 rings (SSSR count). The molecule has 9 heteroatoms. The summed E-state index contributed by atoms with van der Waals surface area (Å²) in [4.78, 5) is 26.7. The number of fused-ring (bicyclic) bond motifs is 1. The largest absolute Gasteiger partial charge is 0.462 e. The van der Waals surface area contributed by atoms with Crippen molar-refractivity contribution in [3.05, 3.63) is 22.5 Å². The van der Waals surface area contributed by atoms with E-state index < -0.39 is 47.1 Å².